The number of carbonyl (C=O) groups excluding carboxylic acids is 2. The van der Waals surface area contributed by atoms with Crippen molar-refractivity contribution in [3.05, 3.63) is 94.3 Å². The highest BCUT2D eigenvalue weighted by atomic mass is 19.1. The van der Waals surface area contributed by atoms with Gasteiger partial charge >= 0.3 is 0 Å². The van der Waals surface area contributed by atoms with E-state index >= 15 is 0 Å². The standard InChI is InChI=1S/C26H19FN2O3/c27-19-9-7-16(8-10-19)22-13-18-15-32-24(23(18)12-17(22)14-28)6-3-11-29-25(30)20-4-1-2-5-21(20)26(29)31/h1-2,4-5,7-10,12-13,24H,3,6,11,15H2. The van der Waals surface area contributed by atoms with Gasteiger partial charge in [0.1, 0.15) is 5.82 Å². The van der Waals surface area contributed by atoms with Crippen LogP contribution in [0.2, 0.25) is 0 Å². The first-order chi connectivity index (χ1) is 15.6. The van der Waals surface area contributed by atoms with Crippen LogP contribution in [-0.4, -0.2) is 23.3 Å². The smallest absolute Gasteiger partial charge is 0.261 e. The summed E-state index contributed by atoms with van der Waals surface area (Å²) in [5.41, 5.74) is 4.88. The van der Waals surface area contributed by atoms with Gasteiger partial charge in [-0.05, 0) is 71.5 Å². The number of fused-ring (bicyclic) bond motifs is 2. The summed E-state index contributed by atoms with van der Waals surface area (Å²) < 4.78 is 19.2. The van der Waals surface area contributed by atoms with Crippen LogP contribution < -0.4 is 0 Å². The van der Waals surface area contributed by atoms with Crippen LogP contribution in [0.4, 0.5) is 4.39 Å². The van der Waals surface area contributed by atoms with Crippen molar-refractivity contribution in [3.63, 3.8) is 0 Å². The maximum absolute atomic E-state index is 13.3. The fraction of sp³-hybridized carbons (Fsp3) is 0.192. The lowest BCUT2D eigenvalue weighted by molar-refractivity contribution is 0.0521. The van der Waals surface area contributed by atoms with E-state index in [1.54, 1.807) is 36.4 Å². The highest BCUT2D eigenvalue weighted by Gasteiger charge is 2.35. The Bertz CT molecular complexity index is 1240. The molecule has 6 heteroatoms. The lowest BCUT2D eigenvalue weighted by Crippen LogP contribution is -2.30. The average Bonchev–Trinajstić information content (AvgIpc) is 3.32. The van der Waals surface area contributed by atoms with E-state index in [2.05, 4.69) is 6.07 Å². The second-order valence-corrected chi connectivity index (χ2v) is 7.96. The molecule has 2 aliphatic rings. The molecule has 2 aliphatic heterocycles. The summed E-state index contributed by atoms with van der Waals surface area (Å²) >= 11 is 0. The largest absolute Gasteiger partial charge is 0.369 e. The van der Waals surface area contributed by atoms with Crippen LogP contribution >= 0.6 is 0 Å². The van der Waals surface area contributed by atoms with Gasteiger partial charge in [0.05, 0.1) is 35.5 Å². The molecule has 0 N–H and O–H groups in total. The van der Waals surface area contributed by atoms with Gasteiger partial charge in [-0.15, -0.1) is 0 Å². The van der Waals surface area contributed by atoms with Gasteiger partial charge in [0.25, 0.3) is 11.8 Å². The second-order valence-electron chi connectivity index (χ2n) is 7.96. The second kappa shape index (κ2) is 8.03. The third-order valence-corrected chi connectivity index (χ3v) is 6.07. The van der Waals surface area contributed by atoms with Crippen molar-refractivity contribution in [2.45, 2.75) is 25.6 Å². The summed E-state index contributed by atoms with van der Waals surface area (Å²) in [6.45, 7) is 0.743. The first-order valence-electron chi connectivity index (χ1n) is 10.5. The minimum Gasteiger partial charge on any atom is -0.369 e. The Kier molecular flexibility index (Phi) is 5.04. The van der Waals surface area contributed by atoms with Crippen molar-refractivity contribution in [2.24, 2.45) is 0 Å². The van der Waals surface area contributed by atoms with Crippen molar-refractivity contribution >= 4 is 11.8 Å². The molecular weight excluding hydrogens is 407 g/mol. The molecule has 3 aromatic rings. The number of nitriles is 1. The van der Waals surface area contributed by atoms with Crippen molar-refractivity contribution < 1.29 is 18.7 Å². The van der Waals surface area contributed by atoms with E-state index in [1.807, 2.05) is 12.1 Å². The van der Waals surface area contributed by atoms with Crippen LogP contribution in [0.5, 0.6) is 0 Å². The Hall–Kier alpha value is -3.82. The number of nitrogens with zero attached hydrogens (tertiary/aromatic N) is 2. The normalized spacial score (nSPS) is 16.8. The van der Waals surface area contributed by atoms with Crippen LogP contribution in [0, 0.1) is 17.1 Å². The highest BCUT2D eigenvalue weighted by molar-refractivity contribution is 6.21. The van der Waals surface area contributed by atoms with E-state index in [-0.39, 0.29) is 23.7 Å². The van der Waals surface area contributed by atoms with Crippen LogP contribution in [0.3, 0.4) is 0 Å². The van der Waals surface area contributed by atoms with Gasteiger partial charge in [0, 0.05) is 6.54 Å². The molecule has 0 fully saturated rings. The Morgan fingerprint density at radius 3 is 2.34 bits per heavy atom. The molecule has 0 saturated carbocycles. The van der Waals surface area contributed by atoms with Crippen LogP contribution in [0.25, 0.3) is 11.1 Å². The van der Waals surface area contributed by atoms with Gasteiger partial charge in [0.2, 0.25) is 0 Å². The number of ether oxygens (including phenoxy) is 1. The van der Waals surface area contributed by atoms with Gasteiger partial charge < -0.3 is 4.74 Å². The van der Waals surface area contributed by atoms with Crippen molar-refractivity contribution in [1.29, 1.82) is 5.26 Å². The molecule has 3 aromatic carbocycles. The Morgan fingerprint density at radius 2 is 1.69 bits per heavy atom. The molecule has 0 saturated heterocycles. The van der Waals surface area contributed by atoms with Crippen LogP contribution in [0.15, 0.2) is 60.7 Å². The number of halogens is 1. The zero-order valence-electron chi connectivity index (χ0n) is 17.2. The minimum atomic E-state index is -0.324. The molecule has 0 spiro atoms. The fourth-order valence-electron chi connectivity index (χ4n) is 4.44. The molecular formula is C26H19FN2O3. The quantitative estimate of drug-likeness (QED) is 0.538. The van der Waals surface area contributed by atoms with Gasteiger partial charge in [-0.2, -0.15) is 5.26 Å². The molecule has 2 amide bonds. The van der Waals surface area contributed by atoms with E-state index in [4.69, 9.17) is 4.74 Å². The monoisotopic (exact) mass is 426 g/mol. The zero-order chi connectivity index (χ0) is 22.2. The first kappa shape index (κ1) is 20.1. The third kappa shape index (κ3) is 3.37. The first-order valence-corrected chi connectivity index (χ1v) is 10.5. The van der Waals surface area contributed by atoms with Gasteiger partial charge in [-0.3, -0.25) is 14.5 Å². The number of hydrogen-bond acceptors (Lipinski definition) is 4. The lowest BCUT2D eigenvalue weighted by atomic mass is 9.92. The predicted octanol–water partition coefficient (Wildman–Crippen LogP) is 5.01. The maximum atomic E-state index is 13.3. The minimum absolute atomic E-state index is 0.199. The number of carbonyl (C=O) groups is 2. The predicted molar refractivity (Wildman–Crippen MR) is 115 cm³/mol. The van der Waals surface area contributed by atoms with Gasteiger partial charge in [-0.1, -0.05) is 24.3 Å². The van der Waals surface area contributed by atoms with Crippen LogP contribution in [-0.2, 0) is 11.3 Å². The van der Waals surface area contributed by atoms with Gasteiger partial charge in [-0.25, -0.2) is 4.39 Å². The van der Waals surface area contributed by atoms with E-state index in [9.17, 15) is 19.2 Å². The topological polar surface area (TPSA) is 70.4 Å². The van der Waals surface area contributed by atoms with E-state index in [1.165, 1.54) is 17.0 Å². The Morgan fingerprint density at radius 1 is 1.00 bits per heavy atom. The number of benzene rings is 3. The third-order valence-electron chi connectivity index (χ3n) is 6.07. The molecule has 32 heavy (non-hydrogen) atoms. The molecule has 0 aliphatic carbocycles. The highest BCUT2D eigenvalue weighted by Crippen LogP contribution is 2.38. The molecule has 5 rings (SSSR count). The lowest BCUT2D eigenvalue weighted by Gasteiger charge is -2.16. The maximum Gasteiger partial charge on any atom is 0.261 e. The van der Waals surface area contributed by atoms with Crippen LogP contribution in [0.1, 0.15) is 56.4 Å². The Labute approximate surface area is 184 Å². The number of hydrogen-bond donors (Lipinski definition) is 0. The summed E-state index contributed by atoms with van der Waals surface area (Å²) in [7, 11) is 0. The summed E-state index contributed by atoms with van der Waals surface area (Å²) in [5.74, 6) is -0.835. The van der Waals surface area contributed by atoms with E-state index in [0.717, 1.165) is 22.3 Å². The van der Waals surface area contributed by atoms with Gasteiger partial charge in [0.15, 0.2) is 0 Å². The molecule has 0 bridgehead atoms. The van der Waals surface area contributed by atoms with Crippen molar-refractivity contribution in [2.75, 3.05) is 6.54 Å². The molecule has 5 nitrogen and oxygen atoms in total. The Balaban J connectivity index is 1.30. The number of rotatable bonds is 5. The molecule has 1 unspecified atom stereocenters. The SMILES string of the molecule is N#Cc1cc2c(cc1-c1ccc(F)cc1)COC2CCCN1C(=O)c2ccccc2C1=O. The molecule has 158 valence electrons. The summed E-state index contributed by atoms with van der Waals surface area (Å²) in [6, 6.07) is 18.9. The van der Waals surface area contributed by atoms with E-state index in [0.29, 0.717) is 42.7 Å². The average molecular weight is 426 g/mol. The summed E-state index contributed by atoms with van der Waals surface area (Å²) in [5, 5.41) is 9.67. The summed E-state index contributed by atoms with van der Waals surface area (Å²) in [6.07, 6.45) is 1.02. The van der Waals surface area contributed by atoms with E-state index < -0.39 is 0 Å². The number of imide groups is 1. The summed E-state index contributed by atoms with van der Waals surface area (Å²) in [4.78, 5) is 26.3. The molecule has 1 atom stereocenters. The number of amides is 2. The fourth-order valence-corrected chi connectivity index (χ4v) is 4.44. The molecule has 0 radical (unpaired) electrons. The molecule has 2 heterocycles. The zero-order valence-corrected chi connectivity index (χ0v) is 17.2. The van der Waals surface area contributed by atoms with Crippen molar-refractivity contribution in [3.8, 4) is 17.2 Å². The molecule has 0 aromatic heterocycles. The van der Waals surface area contributed by atoms with Crippen molar-refractivity contribution in [1.82, 2.24) is 4.90 Å².